The van der Waals surface area contributed by atoms with Crippen molar-refractivity contribution in [1.82, 2.24) is 0 Å². The van der Waals surface area contributed by atoms with Gasteiger partial charge in [0.15, 0.2) is 6.10 Å². The first-order valence-electron chi connectivity index (χ1n) is 27.4. The molecule has 66 heavy (non-hydrogen) atoms. The van der Waals surface area contributed by atoms with Crippen molar-refractivity contribution >= 4 is 25.7 Å². The number of nitrogens with two attached hydrogens (primary N) is 1. The molecular weight excluding hydrogens is 854 g/mol. The number of carbonyl (C=O) groups is 3. The van der Waals surface area contributed by atoms with E-state index in [1.807, 2.05) is 0 Å². The summed E-state index contributed by atoms with van der Waals surface area (Å²) in [5, 5.41) is 8.93. The van der Waals surface area contributed by atoms with E-state index in [-0.39, 0.29) is 19.4 Å². The van der Waals surface area contributed by atoms with E-state index in [2.05, 4.69) is 38.2 Å². The minimum atomic E-state index is -4.72. The lowest BCUT2D eigenvalue weighted by Gasteiger charge is -2.20. The largest absolute Gasteiger partial charge is 0.480 e. The van der Waals surface area contributed by atoms with Crippen molar-refractivity contribution in [2.75, 3.05) is 19.8 Å². The molecule has 0 aliphatic carbocycles. The Balaban J connectivity index is 4.16. The summed E-state index contributed by atoms with van der Waals surface area (Å²) in [6, 6.07) is -1.52. The van der Waals surface area contributed by atoms with E-state index in [9.17, 15) is 23.8 Å². The van der Waals surface area contributed by atoms with Gasteiger partial charge in [0.1, 0.15) is 12.6 Å². The van der Waals surface area contributed by atoms with Gasteiger partial charge >= 0.3 is 25.7 Å². The fourth-order valence-corrected chi connectivity index (χ4v) is 8.70. The van der Waals surface area contributed by atoms with Crippen LogP contribution in [0.4, 0.5) is 0 Å². The van der Waals surface area contributed by atoms with Gasteiger partial charge in [-0.1, -0.05) is 237 Å². The van der Waals surface area contributed by atoms with Crippen molar-refractivity contribution < 1.29 is 47.5 Å². The van der Waals surface area contributed by atoms with E-state index in [0.29, 0.717) is 12.8 Å². The van der Waals surface area contributed by atoms with E-state index < -0.39 is 51.1 Å². The van der Waals surface area contributed by atoms with Gasteiger partial charge in [0.2, 0.25) is 0 Å². The molecule has 0 spiro atoms. The molecule has 0 saturated carbocycles. The van der Waals surface area contributed by atoms with Crippen molar-refractivity contribution in [2.45, 2.75) is 283 Å². The van der Waals surface area contributed by atoms with Gasteiger partial charge < -0.3 is 25.2 Å². The molecule has 0 aliphatic heterocycles. The van der Waals surface area contributed by atoms with Gasteiger partial charge in [-0.15, -0.1) is 0 Å². The zero-order chi connectivity index (χ0) is 48.4. The second-order valence-electron chi connectivity index (χ2n) is 18.7. The van der Waals surface area contributed by atoms with Crippen LogP contribution in [-0.2, 0) is 37.5 Å². The Morgan fingerprint density at radius 1 is 0.470 bits per heavy atom. The maximum absolute atomic E-state index is 12.7. The molecule has 0 bridgehead atoms. The number of carboxylic acids is 1. The van der Waals surface area contributed by atoms with Crippen LogP contribution in [0.1, 0.15) is 271 Å². The molecule has 3 unspecified atom stereocenters. The first-order chi connectivity index (χ1) is 32.1. The van der Waals surface area contributed by atoms with Gasteiger partial charge in [0.05, 0.1) is 13.2 Å². The third kappa shape index (κ3) is 48.4. The van der Waals surface area contributed by atoms with Crippen molar-refractivity contribution in [3.63, 3.8) is 0 Å². The van der Waals surface area contributed by atoms with Gasteiger partial charge in [-0.3, -0.25) is 23.4 Å². The van der Waals surface area contributed by atoms with E-state index in [1.165, 1.54) is 180 Å². The molecule has 11 nitrogen and oxygen atoms in total. The highest BCUT2D eigenvalue weighted by Gasteiger charge is 2.28. The van der Waals surface area contributed by atoms with Gasteiger partial charge in [0.25, 0.3) is 0 Å². The smallest absolute Gasteiger partial charge is 0.472 e. The SMILES string of the molecule is CCCCC/C=C\C/C=C\CCCCCCCCCCCC(=O)OC(COC(=O)CCCCCCCCCCCCCCCCCCCCCCCCC)COP(=O)(O)OCC(N)C(=O)O. The first-order valence-corrected chi connectivity index (χ1v) is 28.9. The average Bonchev–Trinajstić information content (AvgIpc) is 3.30. The molecule has 0 heterocycles. The van der Waals surface area contributed by atoms with Crippen molar-refractivity contribution in [1.29, 1.82) is 0 Å². The van der Waals surface area contributed by atoms with Gasteiger partial charge in [0, 0.05) is 12.8 Å². The summed E-state index contributed by atoms with van der Waals surface area (Å²) in [7, 11) is -4.72. The third-order valence-electron chi connectivity index (χ3n) is 12.2. The van der Waals surface area contributed by atoms with Crippen LogP contribution < -0.4 is 5.73 Å². The van der Waals surface area contributed by atoms with Crippen LogP contribution >= 0.6 is 7.82 Å². The molecule has 0 aromatic carbocycles. The average molecular weight is 956 g/mol. The van der Waals surface area contributed by atoms with Crippen LogP contribution in [0.2, 0.25) is 0 Å². The highest BCUT2D eigenvalue weighted by Crippen LogP contribution is 2.43. The van der Waals surface area contributed by atoms with Gasteiger partial charge in [-0.05, 0) is 44.9 Å². The monoisotopic (exact) mass is 956 g/mol. The second kappa shape index (κ2) is 49.4. The lowest BCUT2D eigenvalue weighted by Crippen LogP contribution is -2.34. The Kier molecular flexibility index (Phi) is 47.9. The molecule has 0 aromatic rings. The minimum Gasteiger partial charge on any atom is -0.480 e. The third-order valence-corrected chi connectivity index (χ3v) is 13.2. The standard InChI is InChI=1S/C54H102NO10P/c1-3-5-7-9-11-13-15-17-19-21-23-24-25-26-28-29-31-33-35-37-39-41-43-45-52(56)62-47-50(48-63-66(60,61)64-49-51(55)54(58)59)65-53(57)46-44-42-40-38-36-34-32-30-27-22-20-18-16-14-12-10-8-6-4-2/h12,14,18,20,50-51H,3-11,13,15-17,19,21-49,55H2,1-2H3,(H,58,59)(H,60,61)/b14-12-,20-18-. The summed E-state index contributed by atoms with van der Waals surface area (Å²) in [6.45, 7) is 2.83. The highest BCUT2D eigenvalue weighted by molar-refractivity contribution is 7.47. The molecule has 388 valence electrons. The molecule has 0 rings (SSSR count). The Morgan fingerprint density at radius 3 is 1.21 bits per heavy atom. The van der Waals surface area contributed by atoms with E-state index in [4.69, 9.17) is 29.4 Å². The molecule has 0 aliphatic rings. The Labute approximate surface area is 404 Å². The molecule has 0 fully saturated rings. The molecule has 3 atom stereocenters. The number of hydrogen-bond donors (Lipinski definition) is 3. The number of carbonyl (C=O) groups excluding carboxylic acids is 2. The second-order valence-corrected chi connectivity index (χ2v) is 20.2. The highest BCUT2D eigenvalue weighted by atomic mass is 31.2. The Bertz CT molecular complexity index is 1210. The van der Waals surface area contributed by atoms with Crippen LogP contribution in [0, 0.1) is 0 Å². The van der Waals surface area contributed by atoms with Crippen LogP contribution in [0.5, 0.6) is 0 Å². The molecule has 0 radical (unpaired) electrons. The molecule has 0 aromatic heterocycles. The number of esters is 2. The van der Waals surface area contributed by atoms with Crippen LogP contribution in [0.3, 0.4) is 0 Å². The summed E-state index contributed by atoms with van der Waals surface area (Å²) < 4.78 is 32.9. The summed E-state index contributed by atoms with van der Waals surface area (Å²) >= 11 is 0. The summed E-state index contributed by atoms with van der Waals surface area (Å²) in [5.41, 5.74) is 5.36. The fraction of sp³-hybridized carbons (Fsp3) is 0.870. The van der Waals surface area contributed by atoms with E-state index in [1.54, 1.807) is 0 Å². The number of ether oxygens (including phenoxy) is 2. The van der Waals surface area contributed by atoms with Gasteiger partial charge in [-0.2, -0.15) is 0 Å². The van der Waals surface area contributed by atoms with Crippen molar-refractivity contribution in [3.8, 4) is 0 Å². The number of phosphoric acid groups is 1. The maximum atomic E-state index is 12.7. The van der Waals surface area contributed by atoms with Crippen molar-refractivity contribution in [3.05, 3.63) is 24.3 Å². The normalized spacial score (nSPS) is 13.6. The number of hydrogen-bond acceptors (Lipinski definition) is 9. The minimum absolute atomic E-state index is 0.160. The number of unbranched alkanes of at least 4 members (excludes halogenated alkanes) is 34. The molecule has 12 heteroatoms. The van der Waals surface area contributed by atoms with Crippen LogP contribution in [-0.4, -0.2) is 59.9 Å². The topological polar surface area (TPSA) is 172 Å². The van der Waals surface area contributed by atoms with Crippen LogP contribution in [0.15, 0.2) is 24.3 Å². The fourth-order valence-electron chi connectivity index (χ4n) is 7.92. The van der Waals surface area contributed by atoms with Crippen molar-refractivity contribution in [2.24, 2.45) is 5.73 Å². The number of aliphatic carboxylic acids is 1. The zero-order valence-corrected chi connectivity index (χ0v) is 43.4. The predicted molar refractivity (Wildman–Crippen MR) is 272 cm³/mol. The van der Waals surface area contributed by atoms with Crippen LogP contribution in [0.25, 0.3) is 0 Å². The lowest BCUT2D eigenvalue weighted by atomic mass is 10.0. The van der Waals surface area contributed by atoms with E-state index >= 15 is 0 Å². The summed E-state index contributed by atoms with van der Waals surface area (Å²) in [5.74, 6) is -2.36. The molecule has 0 amide bonds. The predicted octanol–water partition coefficient (Wildman–Crippen LogP) is 15.7. The Hall–Kier alpha value is -2.04. The maximum Gasteiger partial charge on any atom is 0.472 e. The summed E-state index contributed by atoms with van der Waals surface area (Å²) in [4.78, 5) is 46.3. The lowest BCUT2D eigenvalue weighted by molar-refractivity contribution is -0.161. The first kappa shape index (κ1) is 64.0. The molecule has 0 saturated heterocycles. The number of allylic oxidation sites excluding steroid dienone is 4. The Morgan fingerprint density at radius 2 is 0.803 bits per heavy atom. The number of rotatable bonds is 52. The number of phosphoric ester groups is 1. The molecule has 4 N–H and O–H groups in total. The van der Waals surface area contributed by atoms with E-state index in [0.717, 1.165) is 51.4 Å². The summed E-state index contributed by atoms with van der Waals surface area (Å²) in [6.07, 6.45) is 55.3. The molecular formula is C54H102NO10P. The number of carboxylic acid groups (broad SMARTS) is 1. The van der Waals surface area contributed by atoms with Gasteiger partial charge in [-0.25, -0.2) is 4.57 Å². The zero-order valence-electron chi connectivity index (χ0n) is 42.6. The quantitative estimate of drug-likeness (QED) is 0.0229.